The zero-order valence-electron chi connectivity index (χ0n) is 22.3. The van der Waals surface area contributed by atoms with Gasteiger partial charge in [-0.05, 0) is 88.3 Å². The Morgan fingerprint density at radius 3 is 2.41 bits per heavy atom. The molecule has 0 bridgehead atoms. The molecule has 1 aliphatic heterocycles. The summed E-state index contributed by atoms with van der Waals surface area (Å²) in [5.41, 5.74) is 0.848. The lowest BCUT2D eigenvalue weighted by atomic mass is 9.95. The zero-order chi connectivity index (χ0) is 27.1. The third-order valence-electron chi connectivity index (χ3n) is 6.20. The van der Waals surface area contributed by atoms with E-state index in [4.69, 9.17) is 9.47 Å². The van der Waals surface area contributed by atoms with Crippen molar-refractivity contribution in [3.05, 3.63) is 65.0 Å². The third-order valence-corrected chi connectivity index (χ3v) is 6.20. The van der Waals surface area contributed by atoms with Gasteiger partial charge >= 0.3 is 0 Å². The summed E-state index contributed by atoms with van der Waals surface area (Å²) < 4.78 is 25.3. The topological polar surface area (TPSA) is 79.3 Å². The maximum Gasteiger partial charge on any atom is 0.295 e. The first-order valence-electron chi connectivity index (χ1n) is 12.7. The predicted molar refractivity (Wildman–Crippen MR) is 141 cm³/mol. The quantitative estimate of drug-likeness (QED) is 0.244. The molecule has 0 radical (unpaired) electrons. The van der Waals surface area contributed by atoms with E-state index in [0.29, 0.717) is 49.2 Å². The average Bonchev–Trinajstić information content (AvgIpc) is 3.09. The summed E-state index contributed by atoms with van der Waals surface area (Å²) in [6, 6.07) is 9.69. The molecular weight excluding hydrogens is 475 g/mol. The van der Waals surface area contributed by atoms with Crippen LogP contribution in [-0.4, -0.2) is 67.0 Å². The van der Waals surface area contributed by atoms with Crippen molar-refractivity contribution in [3.63, 3.8) is 0 Å². The number of nitrogens with zero attached hydrogens (tertiary/aromatic N) is 2. The maximum absolute atomic E-state index is 13.5. The van der Waals surface area contributed by atoms with Crippen LogP contribution in [0, 0.1) is 11.7 Å². The monoisotopic (exact) mass is 512 g/mol. The molecule has 1 heterocycles. The number of aliphatic hydroxyl groups excluding tert-OH is 1. The van der Waals surface area contributed by atoms with Gasteiger partial charge in [-0.2, -0.15) is 0 Å². The molecule has 37 heavy (non-hydrogen) atoms. The van der Waals surface area contributed by atoms with Crippen LogP contribution in [0.2, 0.25) is 0 Å². The summed E-state index contributed by atoms with van der Waals surface area (Å²) in [5, 5.41) is 11.2. The van der Waals surface area contributed by atoms with Gasteiger partial charge in [-0.1, -0.05) is 19.9 Å². The fourth-order valence-electron chi connectivity index (χ4n) is 4.26. The number of rotatable bonds is 12. The Morgan fingerprint density at radius 2 is 1.78 bits per heavy atom. The molecule has 1 amide bonds. The Hall–Kier alpha value is -3.39. The van der Waals surface area contributed by atoms with E-state index in [1.165, 1.54) is 29.2 Å². The van der Waals surface area contributed by atoms with E-state index in [1.807, 2.05) is 25.9 Å². The number of likely N-dealkylation sites (tertiary alicyclic amines) is 1. The van der Waals surface area contributed by atoms with Crippen LogP contribution < -0.4 is 9.47 Å². The van der Waals surface area contributed by atoms with Gasteiger partial charge in [0.2, 0.25) is 0 Å². The lowest BCUT2D eigenvalue weighted by Gasteiger charge is -2.26. The minimum absolute atomic E-state index is 0.0302. The minimum atomic E-state index is -0.823. The molecule has 0 spiro atoms. The van der Waals surface area contributed by atoms with Gasteiger partial charge < -0.3 is 24.4 Å². The Morgan fingerprint density at radius 1 is 1.08 bits per heavy atom. The van der Waals surface area contributed by atoms with Crippen molar-refractivity contribution in [1.82, 2.24) is 9.80 Å². The highest BCUT2D eigenvalue weighted by Crippen LogP contribution is 2.42. The molecule has 7 nitrogen and oxygen atoms in total. The highest BCUT2D eigenvalue weighted by atomic mass is 19.1. The number of aliphatic hydroxyl groups is 1. The number of carbonyl (C=O) groups is 2. The molecule has 0 saturated carbocycles. The van der Waals surface area contributed by atoms with Crippen LogP contribution in [0.4, 0.5) is 4.39 Å². The van der Waals surface area contributed by atoms with Crippen molar-refractivity contribution < 1.29 is 28.6 Å². The van der Waals surface area contributed by atoms with Crippen LogP contribution >= 0.6 is 0 Å². The average molecular weight is 513 g/mol. The van der Waals surface area contributed by atoms with E-state index in [-0.39, 0.29) is 16.9 Å². The number of amides is 1. The summed E-state index contributed by atoms with van der Waals surface area (Å²) >= 11 is 0. The largest absolute Gasteiger partial charge is 0.507 e. The molecule has 3 rings (SSSR count). The Kier molecular flexibility index (Phi) is 9.69. The van der Waals surface area contributed by atoms with E-state index in [0.717, 1.165) is 13.0 Å². The molecule has 2 aromatic rings. The molecule has 0 aromatic heterocycles. The number of hydrogen-bond donors (Lipinski definition) is 1. The molecule has 2 aromatic carbocycles. The highest BCUT2D eigenvalue weighted by molar-refractivity contribution is 6.46. The Balaban J connectivity index is 2.08. The number of ketones is 1. The first kappa shape index (κ1) is 28.2. The van der Waals surface area contributed by atoms with Gasteiger partial charge in [-0.25, -0.2) is 4.39 Å². The van der Waals surface area contributed by atoms with E-state index < -0.39 is 23.5 Å². The van der Waals surface area contributed by atoms with Crippen LogP contribution in [0.1, 0.15) is 50.8 Å². The summed E-state index contributed by atoms with van der Waals surface area (Å²) in [6.45, 7) is 8.09. The molecule has 1 N–H and O–H groups in total. The van der Waals surface area contributed by atoms with Crippen molar-refractivity contribution in [1.29, 1.82) is 0 Å². The molecule has 1 atom stereocenters. The van der Waals surface area contributed by atoms with Crippen molar-refractivity contribution in [2.75, 3.05) is 40.4 Å². The number of hydrogen-bond acceptors (Lipinski definition) is 6. The number of carbonyl (C=O) groups excluding carboxylic acids is 2. The second-order valence-electron chi connectivity index (χ2n) is 9.83. The Labute approximate surface area is 218 Å². The van der Waals surface area contributed by atoms with Crippen LogP contribution in [0.5, 0.6) is 11.5 Å². The molecule has 8 heteroatoms. The fourth-order valence-corrected chi connectivity index (χ4v) is 4.26. The normalized spacial score (nSPS) is 17.2. The van der Waals surface area contributed by atoms with E-state index in [9.17, 15) is 19.1 Å². The SMILES string of the molecule is CCOc1cc(C2C(=C(O)c3ccc(F)cc3)C(=O)C(=O)N2CCCN(C)C)ccc1OCCC(C)C. The summed E-state index contributed by atoms with van der Waals surface area (Å²) in [6.07, 6.45) is 1.53. The molecular formula is C29H37FN2O5. The van der Waals surface area contributed by atoms with Gasteiger partial charge in [0, 0.05) is 12.1 Å². The molecule has 0 aliphatic carbocycles. The Bertz CT molecular complexity index is 1130. The van der Waals surface area contributed by atoms with Gasteiger partial charge in [0.1, 0.15) is 11.6 Å². The van der Waals surface area contributed by atoms with E-state index in [1.54, 1.807) is 18.2 Å². The minimum Gasteiger partial charge on any atom is -0.507 e. The number of ether oxygens (including phenoxy) is 2. The second kappa shape index (κ2) is 12.7. The van der Waals surface area contributed by atoms with Crippen LogP contribution in [0.15, 0.2) is 48.0 Å². The summed E-state index contributed by atoms with van der Waals surface area (Å²) in [4.78, 5) is 29.9. The van der Waals surface area contributed by atoms with Crippen molar-refractivity contribution in [2.24, 2.45) is 5.92 Å². The predicted octanol–water partition coefficient (Wildman–Crippen LogP) is 5.02. The first-order chi connectivity index (χ1) is 17.6. The number of benzene rings is 2. The van der Waals surface area contributed by atoms with Gasteiger partial charge in [0.05, 0.1) is 24.8 Å². The molecule has 1 saturated heterocycles. The lowest BCUT2D eigenvalue weighted by molar-refractivity contribution is -0.139. The summed E-state index contributed by atoms with van der Waals surface area (Å²) in [5.74, 6) is -0.684. The van der Waals surface area contributed by atoms with Gasteiger partial charge in [-0.15, -0.1) is 0 Å². The van der Waals surface area contributed by atoms with Crippen LogP contribution in [0.25, 0.3) is 5.76 Å². The van der Waals surface area contributed by atoms with Crippen molar-refractivity contribution >= 4 is 17.4 Å². The van der Waals surface area contributed by atoms with Crippen molar-refractivity contribution in [3.8, 4) is 11.5 Å². The second-order valence-corrected chi connectivity index (χ2v) is 9.83. The molecule has 1 fully saturated rings. The van der Waals surface area contributed by atoms with E-state index in [2.05, 4.69) is 13.8 Å². The van der Waals surface area contributed by atoms with Crippen LogP contribution in [-0.2, 0) is 9.59 Å². The fraction of sp³-hybridized carbons (Fsp3) is 0.448. The number of halogens is 1. The van der Waals surface area contributed by atoms with Gasteiger partial charge in [0.15, 0.2) is 11.5 Å². The zero-order valence-corrected chi connectivity index (χ0v) is 22.3. The smallest absolute Gasteiger partial charge is 0.295 e. The number of Topliss-reactive ketones (excluding diaryl/α,β-unsaturated/α-hetero) is 1. The highest BCUT2D eigenvalue weighted by Gasteiger charge is 2.46. The van der Waals surface area contributed by atoms with Gasteiger partial charge in [-0.3, -0.25) is 9.59 Å². The van der Waals surface area contributed by atoms with Gasteiger partial charge in [0.25, 0.3) is 11.7 Å². The van der Waals surface area contributed by atoms with E-state index >= 15 is 0 Å². The summed E-state index contributed by atoms with van der Waals surface area (Å²) in [7, 11) is 3.87. The molecule has 1 aliphatic rings. The maximum atomic E-state index is 13.5. The molecule has 200 valence electrons. The lowest BCUT2D eigenvalue weighted by Crippen LogP contribution is -2.32. The molecule has 1 unspecified atom stereocenters. The van der Waals surface area contributed by atoms with Crippen LogP contribution in [0.3, 0.4) is 0 Å². The standard InChI is InChI=1S/C29H37FN2O5/c1-6-36-24-18-21(10-13-23(24)37-17-14-19(2)3)26-25(27(33)20-8-11-22(30)12-9-20)28(34)29(35)32(26)16-7-15-31(4)5/h8-13,18-19,26,33H,6-7,14-17H2,1-5H3. The third kappa shape index (κ3) is 6.89. The first-order valence-corrected chi connectivity index (χ1v) is 12.7. The van der Waals surface area contributed by atoms with Crippen molar-refractivity contribution in [2.45, 2.75) is 39.7 Å².